The van der Waals surface area contributed by atoms with E-state index in [0.717, 1.165) is 25.1 Å². The van der Waals surface area contributed by atoms with E-state index in [1.54, 1.807) is 29.2 Å². The number of hydrogen-bond acceptors (Lipinski definition) is 3. The van der Waals surface area contributed by atoms with E-state index < -0.39 is 0 Å². The molecule has 1 aromatic carbocycles. The van der Waals surface area contributed by atoms with Gasteiger partial charge in [0.15, 0.2) is 0 Å². The molecule has 0 spiro atoms. The van der Waals surface area contributed by atoms with Crippen LogP contribution in [0.15, 0.2) is 24.3 Å². The van der Waals surface area contributed by atoms with Gasteiger partial charge in [0.2, 0.25) is 17.7 Å². The maximum atomic E-state index is 12.3. The number of amides is 3. The minimum Gasteiger partial charge on any atom is -0.356 e. The predicted octanol–water partition coefficient (Wildman–Crippen LogP) is 1.82. The van der Waals surface area contributed by atoms with E-state index in [-0.39, 0.29) is 30.1 Å². The maximum Gasteiger partial charge on any atom is 0.227 e. The highest BCUT2D eigenvalue weighted by atomic mass is 35.5. The third-order valence-electron chi connectivity index (χ3n) is 4.71. The summed E-state index contributed by atoms with van der Waals surface area (Å²) < 4.78 is 0. The number of anilines is 1. The summed E-state index contributed by atoms with van der Waals surface area (Å²) in [4.78, 5) is 39.5. The lowest BCUT2D eigenvalue weighted by atomic mass is 10.1. The van der Waals surface area contributed by atoms with E-state index in [9.17, 15) is 14.4 Å². The van der Waals surface area contributed by atoms with E-state index in [1.165, 1.54) is 0 Å². The summed E-state index contributed by atoms with van der Waals surface area (Å²) in [5, 5.41) is 3.50. The highest BCUT2D eigenvalue weighted by molar-refractivity contribution is 6.30. The van der Waals surface area contributed by atoms with E-state index >= 15 is 0 Å². The van der Waals surface area contributed by atoms with Gasteiger partial charge in [0.25, 0.3) is 0 Å². The Morgan fingerprint density at radius 3 is 2.64 bits per heavy atom. The third kappa shape index (κ3) is 4.31. The van der Waals surface area contributed by atoms with E-state index in [0.29, 0.717) is 31.1 Å². The molecule has 6 nitrogen and oxygen atoms in total. The molecular formula is C18H22ClN3O3. The number of likely N-dealkylation sites (tertiary alicyclic amines) is 1. The fraction of sp³-hybridized carbons (Fsp3) is 0.500. The number of nitrogens with zero attached hydrogens (tertiary/aromatic N) is 2. The molecule has 1 atom stereocenters. The molecule has 25 heavy (non-hydrogen) atoms. The Balaban J connectivity index is 1.44. The van der Waals surface area contributed by atoms with Crippen LogP contribution < -0.4 is 10.2 Å². The van der Waals surface area contributed by atoms with Gasteiger partial charge in [-0.3, -0.25) is 14.4 Å². The van der Waals surface area contributed by atoms with Crippen molar-refractivity contribution in [2.45, 2.75) is 25.7 Å². The van der Waals surface area contributed by atoms with Crippen molar-refractivity contribution in [2.75, 3.05) is 31.1 Å². The van der Waals surface area contributed by atoms with Gasteiger partial charge in [-0.15, -0.1) is 0 Å². The number of carbonyl (C=O) groups is 3. The molecule has 2 aliphatic heterocycles. The van der Waals surface area contributed by atoms with Crippen molar-refractivity contribution in [1.29, 1.82) is 0 Å². The van der Waals surface area contributed by atoms with Crippen LogP contribution in [-0.4, -0.2) is 48.8 Å². The van der Waals surface area contributed by atoms with Crippen LogP contribution in [0.4, 0.5) is 5.69 Å². The van der Waals surface area contributed by atoms with Crippen molar-refractivity contribution in [3.63, 3.8) is 0 Å². The van der Waals surface area contributed by atoms with Crippen LogP contribution in [0.1, 0.15) is 25.7 Å². The zero-order chi connectivity index (χ0) is 17.8. The van der Waals surface area contributed by atoms with Crippen LogP contribution in [0.3, 0.4) is 0 Å². The highest BCUT2D eigenvalue weighted by Gasteiger charge is 2.34. The number of nitrogens with one attached hydrogen (secondary N) is 1. The first-order chi connectivity index (χ1) is 12.0. The van der Waals surface area contributed by atoms with E-state index in [4.69, 9.17) is 11.6 Å². The summed E-state index contributed by atoms with van der Waals surface area (Å²) in [6, 6.07) is 7.04. The number of hydrogen-bond donors (Lipinski definition) is 1. The topological polar surface area (TPSA) is 69.7 Å². The second-order valence-corrected chi connectivity index (χ2v) is 6.95. The fourth-order valence-electron chi connectivity index (χ4n) is 3.32. The van der Waals surface area contributed by atoms with Crippen molar-refractivity contribution in [3.05, 3.63) is 29.3 Å². The Morgan fingerprint density at radius 2 is 1.96 bits per heavy atom. The lowest BCUT2D eigenvalue weighted by Gasteiger charge is -2.17. The van der Waals surface area contributed by atoms with Gasteiger partial charge >= 0.3 is 0 Å². The van der Waals surface area contributed by atoms with Crippen molar-refractivity contribution < 1.29 is 14.4 Å². The van der Waals surface area contributed by atoms with Gasteiger partial charge in [0, 0.05) is 49.7 Å². The summed E-state index contributed by atoms with van der Waals surface area (Å²) in [6.07, 6.45) is 2.52. The van der Waals surface area contributed by atoms with Crippen LogP contribution in [0.25, 0.3) is 0 Å². The lowest BCUT2D eigenvalue weighted by Crippen LogP contribution is -2.35. The van der Waals surface area contributed by atoms with Crippen LogP contribution in [0, 0.1) is 5.92 Å². The summed E-state index contributed by atoms with van der Waals surface area (Å²) >= 11 is 5.87. The van der Waals surface area contributed by atoms with Gasteiger partial charge in [-0.05, 0) is 37.1 Å². The third-order valence-corrected chi connectivity index (χ3v) is 4.96. The van der Waals surface area contributed by atoms with Gasteiger partial charge in [-0.2, -0.15) is 0 Å². The van der Waals surface area contributed by atoms with Crippen LogP contribution in [-0.2, 0) is 14.4 Å². The average Bonchev–Trinajstić information content (AvgIpc) is 3.18. The first-order valence-electron chi connectivity index (χ1n) is 8.66. The molecule has 3 rings (SSSR count). The minimum absolute atomic E-state index is 0.0508. The standard InChI is InChI=1S/C18H22ClN3O3/c19-14-4-6-15(7-5-14)22-12-13(11-17(22)24)18(25)20-8-2-10-21-9-1-3-16(21)23/h4-7,13H,1-3,8-12H2,(H,20,25). The summed E-state index contributed by atoms with van der Waals surface area (Å²) in [5.74, 6) is -0.286. The van der Waals surface area contributed by atoms with E-state index in [2.05, 4.69) is 5.32 Å². The second-order valence-electron chi connectivity index (χ2n) is 6.51. The summed E-state index contributed by atoms with van der Waals surface area (Å²) in [7, 11) is 0. The molecule has 2 heterocycles. The Kier molecular flexibility index (Phi) is 5.58. The number of carbonyl (C=O) groups excluding carboxylic acids is 3. The molecule has 7 heteroatoms. The molecule has 2 aliphatic rings. The van der Waals surface area contributed by atoms with Gasteiger partial charge in [-0.1, -0.05) is 11.6 Å². The van der Waals surface area contributed by atoms with Crippen molar-refractivity contribution >= 4 is 35.0 Å². The average molecular weight is 364 g/mol. The van der Waals surface area contributed by atoms with Crippen molar-refractivity contribution in [3.8, 4) is 0 Å². The lowest BCUT2D eigenvalue weighted by molar-refractivity contribution is -0.127. The molecule has 3 amide bonds. The molecule has 0 radical (unpaired) electrons. The zero-order valence-electron chi connectivity index (χ0n) is 14.0. The molecular weight excluding hydrogens is 342 g/mol. The molecule has 0 aliphatic carbocycles. The number of rotatable bonds is 6. The SMILES string of the molecule is O=C(NCCCN1CCCC1=O)C1CC(=O)N(c2ccc(Cl)cc2)C1. The normalized spacial score (nSPS) is 20.4. The summed E-state index contributed by atoms with van der Waals surface area (Å²) in [5.41, 5.74) is 0.761. The Hall–Kier alpha value is -2.08. The Morgan fingerprint density at radius 1 is 1.20 bits per heavy atom. The molecule has 134 valence electrons. The van der Waals surface area contributed by atoms with E-state index in [1.807, 2.05) is 4.90 Å². The summed E-state index contributed by atoms with van der Waals surface area (Å²) in [6.45, 7) is 2.41. The Bertz CT molecular complexity index is 662. The molecule has 2 fully saturated rings. The largest absolute Gasteiger partial charge is 0.356 e. The van der Waals surface area contributed by atoms with Gasteiger partial charge in [-0.25, -0.2) is 0 Å². The Labute approximate surface area is 152 Å². The predicted molar refractivity (Wildman–Crippen MR) is 95.4 cm³/mol. The molecule has 0 saturated carbocycles. The van der Waals surface area contributed by atoms with Crippen LogP contribution >= 0.6 is 11.6 Å². The smallest absolute Gasteiger partial charge is 0.227 e. The van der Waals surface area contributed by atoms with Gasteiger partial charge in [0.1, 0.15) is 0 Å². The first-order valence-corrected chi connectivity index (χ1v) is 9.04. The monoisotopic (exact) mass is 363 g/mol. The fourth-order valence-corrected chi connectivity index (χ4v) is 3.45. The molecule has 2 saturated heterocycles. The molecule has 0 bridgehead atoms. The number of benzene rings is 1. The minimum atomic E-state index is -0.336. The molecule has 0 aromatic heterocycles. The molecule has 1 unspecified atom stereocenters. The van der Waals surface area contributed by atoms with Crippen molar-refractivity contribution in [2.24, 2.45) is 5.92 Å². The first kappa shape index (κ1) is 17.7. The van der Waals surface area contributed by atoms with Gasteiger partial charge < -0.3 is 15.1 Å². The molecule has 1 N–H and O–H groups in total. The molecule has 1 aromatic rings. The van der Waals surface area contributed by atoms with Crippen molar-refractivity contribution in [1.82, 2.24) is 10.2 Å². The van der Waals surface area contributed by atoms with Gasteiger partial charge in [0.05, 0.1) is 5.92 Å². The second kappa shape index (κ2) is 7.87. The number of halogens is 1. The zero-order valence-corrected chi connectivity index (χ0v) is 14.8. The van der Waals surface area contributed by atoms with Crippen LogP contribution in [0.2, 0.25) is 5.02 Å². The highest BCUT2D eigenvalue weighted by Crippen LogP contribution is 2.26. The quantitative estimate of drug-likeness (QED) is 0.784. The maximum absolute atomic E-state index is 12.3. The van der Waals surface area contributed by atoms with Crippen LogP contribution in [0.5, 0.6) is 0 Å².